The Morgan fingerprint density at radius 1 is 1.00 bits per heavy atom. The molecule has 1 unspecified atom stereocenters. The van der Waals surface area contributed by atoms with Crippen molar-refractivity contribution in [1.82, 2.24) is 15.5 Å². The van der Waals surface area contributed by atoms with Crippen LogP contribution in [0.2, 0.25) is 5.02 Å². The van der Waals surface area contributed by atoms with Crippen LogP contribution in [0.1, 0.15) is 17.0 Å². The Bertz CT molecular complexity index is 739. The second kappa shape index (κ2) is 8.11. The van der Waals surface area contributed by atoms with Gasteiger partial charge in [-0.1, -0.05) is 48.0 Å². The molecule has 0 saturated carbocycles. The Balaban J connectivity index is 1.85. The molecule has 1 atom stereocenters. The van der Waals surface area contributed by atoms with Crippen molar-refractivity contribution in [3.63, 3.8) is 0 Å². The van der Waals surface area contributed by atoms with Gasteiger partial charge in [-0.25, -0.2) is 0 Å². The van der Waals surface area contributed by atoms with E-state index in [-0.39, 0.29) is 12.5 Å². The second-order valence-electron chi connectivity index (χ2n) is 5.64. The summed E-state index contributed by atoms with van der Waals surface area (Å²) in [5, 5.41) is 19.9. The topological polar surface area (TPSA) is 60.9 Å². The summed E-state index contributed by atoms with van der Waals surface area (Å²) in [6, 6.07) is 16.4. The molecule has 0 radical (unpaired) electrons. The predicted molar refractivity (Wildman–Crippen MR) is 97.3 cm³/mol. The van der Waals surface area contributed by atoms with Gasteiger partial charge < -0.3 is 10.4 Å². The number of benzene rings is 2. The summed E-state index contributed by atoms with van der Waals surface area (Å²) in [4.78, 5) is 0. The van der Waals surface area contributed by atoms with Crippen molar-refractivity contribution in [2.45, 2.75) is 5.92 Å². The highest BCUT2D eigenvalue weighted by molar-refractivity contribution is 6.30. The van der Waals surface area contributed by atoms with Crippen molar-refractivity contribution in [3.8, 4) is 11.1 Å². The molecule has 0 aliphatic rings. The third-order valence-electron chi connectivity index (χ3n) is 4.05. The molecule has 0 saturated heterocycles. The zero-order valence-electron chi connectivity index (χ0n) is 13.2. The van der Waals surface area contributed by atoms with Crippen molar-refractivity contribution < 1.29 is 5.11 Å². The van der Waals surface area contributed by atoms with Crippen LogP contribution >= 0.6 is 11.6 Å². The summed E-state index contributed by atoms with van der Waals surface area (Å²) in [7, 11) is 0. The number of aromatic nitrogens is 2. The smallest absolute Gasteiger partial charge is 0.0565 e. The number of H-pyrrole nitrogens is 1. The first-order valence-electron chi connectivity index (χ1n) is 7.94. The van der Waals surface area contributed by atoms with E-state index in [4.69, 9.17) is 16.7 Å². The van der Waals surface area contributed by atoms with Gasteiger partial charge in [0.05, 0.1) is 12.8 Å². The maximum absolute atomic E-state index is 9.01. The third-order valence-corrected chi connectivity index (χ3v) is 4.31. The van der Waals surface area contributed by atoms with Crippen LogP contribution in [0.25, 0.3) is 11.1 Å². The van der Waals surface area contributed by atoms with E-state index in [1.807, 2.05) is 24.5 Å². The van der Waals surface area contributed by atoms with Crippen molar-refractivity contribution in [1.29, 1.82) is 0 Å². The molecular weight excluding hydrogens is 322 g/mol. The summed E-state index contributed by atoms with van der Waals surface area (Å²) in [5.74, 6) is 0.201. The van der Waals surface area contributed by atoms with Gasteiger partial charge in [-0.15, -0.1) is 0 Å². The molecule has 3 N–H and O–H groups in total. The highest BCUT2D eigenvalue weighted by atomic mass is 35.5. The number of aliphatic hydroxyl groups excluding tert-OH is 1. The number of rotatable bonds is 7. The van der Waals surface area contributed by atoms with E-state index >= 15 is 0 Å². The molecule has 0 fully saturated rings. The highest BCUT2D eigenvalue weighted by Gasteiger charge is 2.14. The monoisotopic (exact) mass is 341 g/mol. The van der Waals surface area contributed by atoms with E-state index in [1.165, 1.54) is 11.1 Å². The minimum Gasteiger partial charge on any atom is -0.395 e. The molecule has 2 aromatic carbocycles. The normalized spacial score (nSPS) is 12.2. The number of aromatic amines is 1. The van der Waals surface area contributed by atoms with Crippen LogP contribution in [0.4, 0.5) is 0 Å². The predicted octanol–water partition coefficient (Wildman–Crippen LogP) is 3.44. The van der Waals surface area contributed by atoms with Crippen LogP contribution in [-0.4, -0.2) is 35.0 Å². The van der Waals surface area contributed by atoms with E-state index < -0.39 is 0 Å². The molecule has 0 amide bonds. The van der Waals surface area contributed by atoms with Gasteiger partial charge in [0.25, 0.3) is 0 Å². The first-order valence-corrected chi connectivity index (χ1v) is 8.32. The lowest BCUT2D eigenvalue weighted by Crippen LogP contribution is -2.25. The average Bonchev–Trinajstić information content (AvgIpc) is 3.15. The summed E-state index contributed by atoms with van der Waals surface area (Å²) in [6.07, 6.45) is 3.70. The molecule has 24 heavy (non-hydrogen) atoms. The maximum Gasteiger partial charge on any atom is 0.0565 e. The van der Waals surface area contributed by atoms with Gasteiger partial charge in [0.1, 0.15) is 0 Å². The Morgan fingerprint density at radius 3 is 2.25 bits per heavy atom. The lowest BCUT2D eigenvalue weighted by molar-refractivity contribution is 0.292. The van der Waals surface area contributed by atoms with E-state index in [9.17, 15) is 0 Å². The van der Waals surface area contributed by atoms with E-state index in [0.29, 0.717) is 6.54 Å². The molecule has 3 rings (SSSR count). The van der Waals surface area contributed by atoms with Crippen LogP contribution in [0.3, 0.4) is 0 Å². The number of hydrogen-bond acceptors (Lipinski definition) is 3. The minimum absolute atomic E-state index is 0.132. The van der Waals surface area contributed by atoms with Gasteiger partial charge in [0.15, 0.2) is 0 Å². The van der Waals surface area contributed by atoms with Crippen LogP contribution in [0.15, 0.2) is 60.9 Å². The second-order valence-corrected chi connectivity index (χ2v) is 6.08. The van der Waals surface area contributed by atoms with Crippen LogP contribution in [0, 0.1) is 0 Å². The van der Waals surface area contributed by atoms with Gasteiger partial charge in [-0.05, 0) is 28.8 Å². The van der Waals surface area contributed by atoms with Gasteiger partial charge >= 0.3 is 0 Å². The Labute approximate surface area is 146 Å². The molecule has 0 bridgehead atoms. The zero-order valence-corrected chi connectivity index (χ0v) is 14.0. The third kappa shape index (κ3) is 4.03. The molecule has 5 heteroatoms. The first-order chi connectivity index (χ1) is 11.8. The van der Waals surface area contributed by atoms with E-state index in [1.54, 1.807) is 0 Å². The molecule has 3 aromatic rings. The number of aliphatic hydroxyl groups is 1. The van der Waals surface area contributed by atoms with Crippen molar-refractivity contribution in [2.24, 2.45) is 0 Å². The Morgan fingerprint density at radius 2 is 1.67 bits per heavy atom. The van der Waals surface area contributed by atoms with Crippen molar-refractivity contribution in [2.75, 3.05) is 19.7 Å². The molecule has 124 valence electrons. The summed E-state index contributed by atoms with van der Waals surface area (Å²) in [6.45, 7) is 1.47. The van der Waals surface area contributed by atoms with E-state index in [0.717, 1.165) is 22.7 Å². The fourth-order valence-corrected chi connectivity index (χ4v) is 2.89. The summed E-state index contributed by atoms with van der Waals surface area (Å²) < 4.78 is 0. The molecule has 1 aromatic heterocycles. The molecule has 0 aliphatic heterocycles. The summed E-state index contributed by atoms with van der Waals surface area (Å²) in [5.41, 5.74) is 4.62. The lowest BCUT2D eigenvalue weighted by Gasteiger charge is -2.19. The van der Waals surface area contributed by atoms with Crippen LogP contribution in [0.5, 0.6) is 0 Å². The molecule has 0 spiro atoms. The molecular formula is C19H20ClN3O. The number of nitrogens with zero attached hydrogens (tertiary/aromatic N) is 1. The Kier molecular flexibility index (Phi) is 5.64. The lowest BCUT2D eigenvalue weighted by atomic mass is 9.90. The fraction of sp³-hybridized carbons (Fsp3) is 0.211. The number of halogens is 1. The quantitative estimate of drug-likeness (QED) is 0.577. The first kappa shape index (κ1) is 16.7. The van der Waals surface area contributed by atoms with Crippen LogP contribution < -0.4 is 5.32 Å². The minimum atomic E-state index is 0.132. The largest absolute Gasteiger partial charge is 0.395 e. The standard InChI is InChI=1S/C19H20ClN3O/c20-18-7-5-16(6-8-18)19(13-21-9-10-24)15-3-1-14(2-4-15)17-11-22-23-12-17/h1-8,11-12,19,21,24H,9-10,13H2,(H,22,23). The molecule has 4 nitrogen and oxygen atoms in total. The average molecular weight is 342 g/mol. The fourth-order valence-electron chi connectivity index (χ4n) is 2.77. The zero-order chi connectivity index (χ0) is 16.8. The molecule has 0 aliphatic carbocycles. The van der Waals surface area contributed by atoms with E-state index in [2.05, 4.69) is 51.9 Å². The maximum atomic E-state index is 9.01. The van der Waals surface area contributed by atoms with Crippen molar-refractivity contribution >= 4 is 11.6 Å². The van der Waals surface area contributed by atoms with Gasteiger partial charge in [0.2, 0.25) is 0 Å². The van der Waals surface area contributed by atoms with Gasteiger partial charge in [-0.2, -0.15) is 5.10 Å². The number of nitrogens with one attached hydrogen (secondary N) is 2. The van der Waals surface area contributed by atoms with Crippen LogP contribution in [-0.2, 0) is 0 Å². The summed E-state index contributed by atoms with van der Waals surface area (Å²) >= 11 is 6.01. The number of hydrogen-bond donors (Lipinski definition) is 3. The SMILES string of the molecule is OCCNCC(c1ccc(Cl)cc1)c1ccc(-c2cn[nH]c2)cc1. The molecule has 1 heterocycles. The van der Waals surface area contributed by atoms with Crippen molar-refractivity contribution in [3.05, 3.63) is 77.1 Å². The Hall–Kier alpha value is -2.14. The van der Waals surface area contributed by atoms with Gasteiger partial charge in [-0.3, -0.25) is 5.10 Å². The van der Waals surface area contributed by atoms with Gasteiger partial charge in [0, 0.05) is 35.8 Å². The highest BCUT2D eigenvalue weighted by Crippen LogP contribution is 2.27.